The lowest BCUT2D eigenvalue weighted by atomic mass is 9.96. The monoisotopic (exact) mass is 549 g/mol. The lowest BCUT2D eigenvalue weighted by Gasteiger charge is -2.24. The van der Waals surface area contributed by atoms with Crippen molar-refractivity contribution in [1.82, 2.24) is 5.06 Å². The highest BCUT2D eigenvalue weighted by molar-refractivity contribution is 5.92. The molecule has 0 amide bonds. The Kier molecular flexibility index (Phi) is 15.8. The maximum atomic E-state index is 13.4. The molecule has 0 radical (unpaired) electrons. The van der Waals surface area contributed by atoms with Crippen LogP contribution in [0.25, 0.3) is 0 Å². The third-order valence-corrected chi connectivity index (χ3v) is 8.15. The van der Waals surface area contributed by atoms with Crippen molar-refractivity contribution in [1.29, 1.82) is 0 Å². The molecule has 0 saturated carbocycles. The quantitative estimate of drug-likeness (QED) is 0.0923. The summed E-state index contributed by atoms with van der Waals surface area (Å²) in [6.07, 6.45) is 23.9. The number of hydroxylamine groups is 2. The van der Waals surface area contributed by atoms with Gasteiger partial charge in [0.1, 0.15) is 11.5 Å². The average Bonchev–Trinajstić information content (AvgIpc) is 2.97. The maximum Gasteiger partial charge on any atom is 0.357 e. The Morgan fingerprint density at radius 3 is 1.73 bits per heavy atom. The third kappa shape index (κ3) is 11.6. The molecule has 1 aliphatic rings. The van der Waals surface area contributed by atoms with Crippen LogP contribution in [0.2, 0.25) is 0 Å². The van der Waals surface area contributed by atoms with E-state index < -0.39 is 0 Å². The summed E-state index contributed by atoms with van der Waals surface area (Å²) >= 11 is 0. The van der Waals surface area contributed by atoms with Crippen molar-refractivity contribution in [2.75, 3.05) is 13.1 Å². The minimum Gasteiger partial charge on any atom is -0.457 e. The summed E-state index contributed by atoms with van der Waals surface area (Å²) in [4.78, 5) is 19.5. The lowest BCUT2D eigenvalue weighted by Crippen LogP contribution is -2.30. The number of ether oxygens (including phenoxy) is 1. The number of para-hydroxylation sites is 1. The maximum absolute atomic E-state index is 13.4. The number of carbonyl (C=O) groups excluding carboxylic acids is 1. The first kappa shape index (κ1) is 32.2. The van der Waals surface area contributed by atoms with Crippen LogP contribution in [0.1, 0.15) is 151 Å². The predicted octanol–water partition coefficient (Wildman–Crippen LogP) is 10.8. The zero-order valence-corrected chi connectivity index (χ0v) is 25.6. The van der Waals surface area contributed by atoms with Gasteiger partial charge in [0.2, 0.25) is 0 Å². The van der Waals surface area contributed by atoms with E-state index in [4.69, 9.17) is 9.57 Å². The van der Waals surface area contributed by atoms with E-state index >= 15 is 0 Å². The Bertz CT molecular complexity index is 950. The zero-order valence-electron chi connectivity index (χ0n) is 25.6. The first-order valence-corrected chi connectivity index (χ1v) is 16.6. The van der Waals surface area contributed by atoms with E-state index in [0.29, 0.717) is 12.0 Å². The van der Waals surface area contributed by atoms with Gasteiger partial charge in [-0.1, -0.05) is 141 Å². The molecular weight excluding hydrogens is 494 g/mol. The molecule has 0 saturated heterocycles. The van der Waals surface area contributed by atoms with E-state index in [1.807, 2.05) is 41.5 Å². The fourth-order valence-corrected chi connectivity index (χ4v) is 5.66. The number of nitrogens with zero attached hydrogens (tertiary/aromatic N) is 1. The predicted molar refractivity (Wildman–Crippen MR) is 167 cm³/mol. The fraction of sp³-hybridized carbons (Fsp3) is 0.639. The molecule has 0 unspecified atom stereocenters. The molecule has 0 bridgehead atoms. The fourth-order valence-electron chi connectivity index (χ4n) is 5.66. The summed E-state index contributed by atoms with van der Waals surface area (Å²) in [5.74, 6) is 1.38. The molecule has 0 fully saturated rings. The Labute approximate surface area is 244 Å². The first-order chi connectivity index (χ1) is 19.7. The Balaban J connectivity index is 1.48. The van der Waals surface area contributed by atoms with Crippen molar-refractivity contribution in [2.45, 2.75) is 136 Å². The molecule has 3 rings (SSSR count). The van der Waals surface area contributed by atoms with Gasteiger partial charge in [-0.05, 0) is 36.6 Å². The Morgan fingerprint density at radius 1 is 0.650 bits per heavy atom. The molecule has 222 valence electrons. The standard InChI is InChI=1S/C36H55NO3/c1-3-5-7-9-11-13-15-17-21-28-37(29-22-18-16-14-12-10-8-6-4-2)40-36(38)32-25-23-27-35-33(32)30-31-24-19-20-26-34(31)39-35/h19-20,23-27H,3-18,21-22,28-30H2,1-2H3. The van der Waals surface area contributed by atoms with Gasteiger partial charge < -0.3 is 9.57 Å². The van der Waals surface area contributed by atoms with E-state index in [2.05, 4.69) is 19.9 Å². The second-order valence-corrected chi connectivity index (χ2v) is 11.6. The Morgan fingerprint density at radius 2 is 1.15 bits per heavy atom. The highest BCUT2D eigenvalue weighted by Crippen LogP contribution is 2.38. The number of fused-ring (bicyclic) bond motifs is 2. The van der Waals surface area contributed by atoms with Gasteiger partial charge in [0.25, 0.3) is 0 Å². The highest BCUT2D eigenvalue weighted by atomic mass is 16.7. The molecule has 4 heteroatoms. The molecule has 0 N–H and O–H groups in total. The van der Waals surface area contributed by atoms with Crippen LogP contribution in [0.15, 0.2) is 42.5 Å². The second kappa shape index (κ2) is 19.7. The minimum atomic E-state index is -0.258. The molecule has 0 atom stereocenters. The van der Waals surface area contributed by atoms with Crippen LogP contribution in [0.5, 0.6) is 11.5 Å². The van der Waals surface area contributed by atoms with Crippen molar-refractivity contribution < 1.29 is 14.4 Å². The van der Waals surface area contributed by atoms with Crippen LogP contribution in [-0.2, 0) is 11.3 Å². The molecule has 2 aromatic rings. The number of hydrogen-bond acceptors (Lipinski definition) is 4. The number of unbranched alkanes of at least 4 members (excludes halogenated alkanes) is 16. The van der Waals surface area contributed by atoms with Crippen molar-refractivity contribution in [3.05, 3.63) is 59.2 Å². The van der Waals surface area contributed by atoms with Gasteiger partial charge in [-0.25, -0.2) is 4.79 Å². The van der Waals surface area contributed by atoms with Gasteiger partial charge in [-0.15, -0.1) is 5.06 Å². The van der Waals surface area contributed by atoms with E-state index in [1.54, 1.807) is 0 Å². The topological polar surface area (TPSA) is 38.8 Å². The highest BCUT2D eigenvalue weighted by Gasteiger charge is 2.24. The van der Waals surface area contributed by atoms with Gasteiger partial charge in [0.05, 0.1) is 5.56 Å². The van der Waals surface area contributed by atoms with Crippen molar-refractivity contribution in [3.8, 4) is 11.5 Å². The van der Waals surface area contributed by atoms with Gasteiger partial charge in [0, 0.05) is 25.1 Å². The molecule has 2 aromatic carbocycles. The van der Waals surface area contributed by atoms with Gasteiger partial charge >= 0.3 is 5.97 Å². The summed E-state index contributed by atoms with van der Waals surface area (Å²) in [6.45, 7) is 6.17. The first-order valence-electron chi connectivity index (χ1n) is 16.6. The van der Waals surface area contributed by atoms with Crippen LogP contribution in [0.4, 0.5) is 0 Å². The average molecular weight is 550 g/mol. The molecule has 1 aliphatic heterocycles. The van der Waals surface area contributed by atoms with Crippen LogP contribution < -0.4 is 4.74 Å². The summed E-state index contributed by atoms with van der Waals surface area (Å²) < 4.78 is 6.12. The van der Waals surface area contributed by atoms with Gasteiger partial charge in [0.15, 0.2) is 0 Å². The molecule has 0 aliphatic carbocycles. The number of benzene rings is 2. The second-order valence-electron chi connectivity index (χ2n) is 11.6. The minimum absolute atomic E-state index is 0.258. The smallest absolute Gasteiger partial charge is 0.357 e. The molecule has 1 heterocycles. The lowest BCUT2D eigenvalue weighted by molar-refractivity contribution is -0.111. The summed E-state index contributed by atoms with van der Waals surface area (Å²) in [6, 6.07) is 13.8. The normalized spacial score (nSPS) is 12.2. The largest absolute Gasteiger partial charge is 0.457 e. The summed E-state index contributed by atoms with van der Waals surface area (Å²) in [5.41, 5.74) is 2.66. The number of rotatable bonds is 22. The van der Waals surface area contributed by atoms with Crippen LogP contribution in [0, 0.1) is 0 Å². The van der Waals surface area contributed by atoms with Crippen LogP contribution in [-0.4, -0.2) is 24.1 Å². The third-order valence-electron chi connectivity index (χ3n) is 8.15. The number of carbonyl (C=O) groups is 1. The van der Waals surface area contributed by atoms with E-state index in [-0.39, 0.29) is 5.97 Å². The molecular formula is C36H55NO3. The summed E-state index contributed by atoms with van der Waals surface area (Å²) in [7, 11) is 0. The molecule has 0 spiro atoms. The van der Waals surface area contributed by atoms with Gasteiger partial charge in [-0.2, -0.15) is 0 Å². The van der Waals surface area contributed by atoms with Crippen molar-refractivity contribution >= 4 is 5.97 Å². The van der Waals surface area contributed by atoms with Crippen molar-refractivity contribution in [2.24, 2.45) is 0 Å². The zero-order chi connectivity index (χ0) is 28.3. The summed E-state index contributed by atoms with van der Waals surface area (Å²) in [5, 5.41) is 1.95. The van der Waals surface area contributed by atoms with Crippen LogP contribution in [0.3, 0.4) is 0 Å². The van der Waals surface area contributed by atoms with Gasteiger partial charge in [-0.3, -0.25) is 0 Å². The molecule has 0 aromatic heterocycles. The van der Waals surface area contributed by atoms with E-state index in [1.165, 1.54) is 103 Å². The van der Waals surface area contributed by atoms with E-state index in [9.17, 15) is 4.79 Å². The Hall–Kier alpha value is -2.33. The number of hydrogen-bond donors (Lipinski definition) is 0. The SMILES string of the molecule is CCCCCCCCCCCN(CCCCCCCCCCC)OC(=O)c1cccc2c1Cc1ccccc1O2. The van der Waals surface area contributed by atoms with Crippen LogP contribution >= 0.6 is 0 Å². The molecule has 40 heavy (non-hydrogen) atoms. The molecule has 4 nitrogen and oxygen atoms in total. The van der Waals surface area contributed by atoms with Crippen molar-refractivity contribution in [3.63, 3.8) is 0 Å². The van der Waals surface area contributed by atoms with E-state index in [0.717, 1.165) is 48.6 Å².